The summed E-state index contributed by atoms with van der Waals surface area (Å²) in [4.78, 5) is 31.5. The second-order valence-corrected chi connectivity index (χ2v) is 6.53. The van der Waals surface area contributed by atoms with Crippen LogP contribution < -0.4 is 15.6 Å². The highest BCUT2D eigenvalue weighted by Crippen LogP contribution is 2.16. The van der Waals surface area contributed by atoms with Gasteiger partial charge in [-0.3, -0.25) is 14.6 Å². The summed E-state index contributed by atoms with van der Waals surface area (Å²) in [7, 11) is 0. The number of aromatic nitrogens is 2. The molecule has 0 radical (unpaired) electrons. The topological polar surface area (TPSA) is 84.1 Å². The number of para-hydroxylation sites is 1. The van der Waals surface area contributed by atoms with E-state index in [0.717, 1.165) is 11.3 Å². The average Bonchev–Trinajstić information content (AvgIpc) is 2.76. The number of hydrogen-bond donors (Lipinski definition) is 2. The van der Waals surface area contributed by atoms with Gasteiger partial charge in [0, 0.05) is 29.7 Å². The predicted molar refractivity (Wildman–Crippen MR) is 111 cm³/mol. The molecule has 6 nitrogen and oxygen atoms in total. The van der Waals surface area contributed by atoms with E-state index in [4.69, 9.17) is 4.74 Å². The van der Waals surface area contributed by atoms with Gasteiger partial charge in [-0.05, 0) is 35.9 Å². The molecular formula is C23H19N3O3. The van der Waals surface area contributed by atoms with E-state index in [0.29, 0.717) is 35.4 Å². The molecule has 2 aromatic carbocycles. The van der Waals surface area contributed by atoms with Gasteiger partial charge in [-0.25, -0.2) is 0 Å². The molecule has 0 bridgehead atoms. The largest absolute Gasteiger partial charge is 0.487 e. The lowest BCUT2D eigenvalue weighted by atomic mass is 10.1. The third-order valence-electron chi connectivity index (χ3n) is 4.46. The van der Waals surface area contributed by atoms with Gasteiger partial charge in [0.15, 0.2) is 0 Å². The Morgan fingerprint density at radius 2 is 1.86 bits per heavy atom. The number of fused-ring (bicyclic) bond motifs is 1. The number of pyridine rings is 2. The number of benzene rings is 2. The molecule has 29 heavy (non-hydrogen) atoms. The van der Waals surface area contributed by atoms with E-state index in [-0.39, 0.29) is 11.5 Å². The fraction of sp³-hybridized carbons (Fsp3) is 0.0870. The van der Waals surface area contributed by atoms with Crippen molar-refractivity contribution in [2.75, 3.05) is 0 Å². The monoisotopic (exact) mass is 385 g/mol. The zero-order chi connectivity index (χ0) is 20.1. The minimum absolute atomic E-state index is 0.299. The molecule has 6 heteroatoms. The highest BCUT2D eigenvalue weighted by atomic mass is 16.5. The summed E-state index contributed by atoms with van der Waals surface area (Å²) in [5.41, 5.74) is 2.42. The van der Waals surface area contributed by atoms with Crippen molar-refractivity contribution >= 4 is 16.8 Å². The van der Waals surface area contributed by atoms with Gasteiger partial charge in [-0.1, -0.05) is 36.4 Å². The molecule has 2 heterocycles. The van der Waals surface area contributed by atoms with Crippen LogP contribution >= 0.6 is 0 Å². The highest BCUT2D eigenvalue weighted by molar-refractivity contribution is 6.05. The van der Waals surface area contributed by atoms with Crippen molar-refractivity contribution in [2.24, 2.45) is 0 Å². The van der Waals surface area contributed by atoms with Crippen LogP contribution in [0.25, 0.3) is 10.9 Å². The van der Waals surface area contributed by atoms with Gasteiger partial charge in [-0.15, -0.1) is 0 Å². The fourth-order valence-corrected chi connectivity index (χ4v) is 3.06. The number of amides is 1. The summed E-state index contributed by atoms with van der Waals surface area (Å²) >= 11 is 0. The molecule has 0 saturated heterocycles. The van der Waals surface area contributed by atoms with Crippen LogP contribution in [-0.2, 0) is 13.2 Å². The van der Waals surface area contributed by atoms with Crippen molar-refractivity contribution in [1.82, 2.24) is 15.3 Å². The molecule has 0 aliphatic heterocycles. The van der Waals surface area contributed by atoms with Crippen molar-refractivity contribution in [1.29, 1.82) is 0 Å². The molecule has 0 unspecified atom stereocenters. The van der Waals surface area contributed by atoms with Gasteiger partial charge >= 0.3 is 0 Å². The van der Waals surface area contributed by atoms with Crippen molar-refractivity contribution < 1.29 is 9.53 Å². The molecule has 0 atom stereocenters. The zero-order valence-corrected chi connectivity index (χ0v) is 15.6. The fourth-order valence-electron chi connectivity index (χ4n) is 3.06. The Balaban J connectivity index is 1.44. The second kappa shape index (κ2) is 8.39. The minimum Gasteiger partial charge on any atom is -0.487 e. The Kier molecular flexibility index (Phi) is 5.33. The quantitative estimate of drug-likeness (QED) is 0.533. The summed E-state index contributed by atoms with van der Waals surface area (Å²) in [5.74, 6) is 0.399. The summed E-state index contributed by atoms with van der Waals surface area (Å²) < 4.78 is 5.78. The third-order valence-corrected chi connectivity index (χ3v) is 4.46. The zero-order valence-electron chi connectivity index (χ0n) is 15.6. The number of hydrogen-bond acceptors (Lipinski definition) is 4. The van der Waals surface area contributed by atoms with E-state index < -0.39 is 0 Å². The van der Waals surface area contributed by atoms with E-state index in [9.17, 15) is 9.59 Å². The first kappa shape index (κ1) is 18.4. The number of nitrogens with one attached hydrogen (secondary N) is 2. The number of rotatable bonds is 6. The molecule has 144 valence electrons. The van der Waals surface area contributed by atoms with Crippen LogP contribution in [0.15, 0.2) is 83.8 Å². The van der Waals surface area contributed by atoms with E-state index >= 15 is 0 Å². The molecular weight excluding hydrogens is 366 g/mol. The van der Waals surface area contributed by atoms with E-state index in [1.807, 2.05) is 60.7 Å². The van der Waals surface area contributed by atoms with Crippen LogP contribution in [0.3, 0.4) is 0 Å². The highest BCUT2D eigenvalue weighted by Gasteiger charge is 2.11. The number of nitrogens with zero attached hydrogens (tertiary/aromatic N) is 1. The molecule has 2 aromatic heterocycles. The number of aromatic amines is 1. The van der Waals surface area contributed by atoms with Gasteiger partial charge in [0.1, 0.15) is 12.4 Å². The van der Waals surface area contributed by atoms with Crippen LogP contribution in [0.2, 0.25) is 0 Å². The normalized spacial score (nSPS) is 10.6. The lowest BCUT2D eigenvalue weighted by Crippen LogP contribution is -2.24. The van der Waals surface area contributed by atoms with Gasteiger partial charge < -0.3 is 15.0 Å². The maximum atomic E-state index is 12.7. The first-order chi connectivity index (χ1) is 14.2. The number of H-pyrrole nitrogens is 1. The third kappa shape index (κ3) is 4.50. The van der Waals surface area contributed by atoms with Crippen LogP contribution in [-0.4, -0.2) is 15.9 Å². The minimum atomic E-state index is -0.307. The van der Waals surface area contributed by atoms with Crippen LogP contribution in [0.5, 0.6) is 5.75 Å². The molecule has 4 aromatic rings. The van der Waals surface area contributed by atoms with Crippen molar-refractivity contribution in [3.8, 4) is 5.75 Å². The lowest BCUT2D eigenvalue weighted by Gasteiger charge is -2.10. The van der Waals surface area contributed by atoms with Crippen LogP contribution in [0.1, 0.15) is 21.6 Å². The molecule has 0 spiro atoms. The predicted octanol–water partition coefficient (Wildman–Crippen LogP) is 3.43. The van der Waals surface area contributed by atoms with E-state index in [1.54, 1.807) is 12.3 Å². The molecule has 0 aliphatic rings. The van der Waals surface area contributed by atoms with Gasteiger partial charge in [0.2, 0.25) is 5.56 Å². The number of carbonyl (C=O) groups excluding carboxylic acids is 1. The van der Waals surface area contributed by atoms with Gasteiger partial charge in [0.25, 0.3) is 5.91 Å². The Morgan fingerprint density at radius 1 is 1.00 bits per heavy atom. The Bertz CT molecular complexity index is 1200. The standard InChI is InChI=1S/C23H19N3O3/c27-22-13-20(19-9-1-2-10-21(19)26-22)23(28)25-14-16-6-5-8-18(12-16)29-15-17-7-3-4-11-24-17/h1-13H,14-15H2,(H,25,28)(H,26,27). The van der Waals surface area contributed by atoms with Crippen LogP contribution in [0.4, 0.5) is 0 Å². The maximum Gasteiger partial charge on any atom is 0.252 e. The summed E-state index contributed by atoms with van der Waals surface area (Å²) in [5, 5.41) is 3.58. The smallest absolute Gasteiger partial charge is 0.252 e. The molecule has 0 aliphatic carbocycles. The number of carbonyl (C=O) groups is 1. The molecule has 1 amide bonds. The summed E-state index contributed by atoms with van der Waals surface area (Å²) in [6, 6.07) is 21.7. The molecule has 2 N–H and O–H groups in total. The Morgan fingerprint density at radius 3 is 2.72 bits per heavy atom. The first-order valence-electron chi connectivity index (χ1n) is 9.21. The number of ether oxygens (including phenoxy) is 1. The van der Waals surface area contributed by atoms with Crippen molar-refractivity contribution in [2.45, 2.75) is 13.2 Å². The maximum absolute atomic E-state index is 12.7. The van der Waals surface area contributed by atoms with Crippen molar-refractivity contribution in [3.63, 3.8) is 0 Å². The second-order valence-electron chi connectivity index (χ2n) is 6.53. The molecule has 4 rings (SSSR count). The summed E-state index contributed by atoms with van der Waals surface area (Å²) in [6.07, 6.45) is 1.73. The van der Waals surface area contributed by atoms with Gasteiger partial charge in [0.05, 0.1) is 11.3 Å². The summed E-state index contributed by atoms with van der Waals surface area (Å²) in [6.45, 7) is 0.691. The molecule has 0 saturated carbocycles. The lowest BCUT2D eigenvalue weighted by molar-refractivity contribution is 0.0952. The SMILES string of the molecule is O=C(NCc1cccc(OCc2ccccn2)c1)c1cc(=O)[nH]c2ccccc12. The molecule has 0 fully saturated rings. The Hall–Kier alpha value is -3.93. The Labute approximate surface area is 167 Å². The van der Waals surface area contributed by atoms with Crippen molar-refractivity contribution in [3.05, 3.63) is 106 Å². The average molecular weight is 385 g/mol. The van der Waals surface area contributed by atoms with Gasteiger partial charge in [-0.2, -0.15) is 0 Å². The first-order valence-corrected chi connectivity index (χ1v) is 9.21. The van der Waals surface area contributed by atoms with E-state index in [2.05, 4.69) is 15.3 Å². The van der Waals surface area contributed by atoms with Crippen LogP contribution in [0, 0.1) is 0 Å². The van der Waals surface area contributed by atoms with E-state index in [1.165, 1.54) is 6.07 Å².